The number of amides is 2. The molecule has 3 aromatic rings. The maximum atomic E-state index is 13.2. The number of aromatic nitrogens is 2. The molecule has 0 spiro atoms. The van der Waals surface area contributed by atoms with E-state index < -0.39 is 12.1 Å². The molecule has 0 unspecified atom stereocenters. The van der Waals surface area contributed by atoms with Crippen LogP contribution in [0.4, 0.5) is 0 Å². The summed E-state index contributed by atoms with van der Waals surface area (Å²) in [6.45, 7) is 13.1. The Labute approximate surface area is 255 Å². The van der Waals surface area contributed by atoms with E-state index in [0.717, 1.165) is 22.6 Å². The Hall–Kier alpha value is -4.20. The molecule has 6 N–H and O–H groups in total. The van der Waals surface area contributed by atoms with Crippen molar-refractivity contribution < 1.29 is 14.3 Å². The lowest BCUT2D eigenvalue weighted by Crippen LogP contribution is -2.48. The summed E-state index contributed by atoms with van der Waals surface area (Å²) in [4.78, 5) is 30.3. The Morgan fingerprint density at radius 2 is 1.79 bits per heavy atom. The van der Waals surface area contributed by atoms with Crippen molar-refractivity contribution in [1.29, 1.82) is 5.26 Å². The SMILES string of the molecule is C.CC(C)Oc1ccc(C(=O)N[C@H](CNC(=O)[C@@H](C)N)Cc2ccc(-c3cn(CCN)c(C(C)(C)C)n3)cc2)cc1C#N. The zero-order chi connectivity index (χ0) is 31.0. The van der Waals surface area contributed by atoms with Crippen LogP contribution in [-0.2, 0) is 23.2 Å². The largest absolute Gasteiger partial charge is 0.490 e. The van der Waals surface area contributed by atoms with E-state index in [-0.39, 0.29) is 42.9 Å². The number of imidazole rings is 1. The number of carbonyl (C=O) groups is 2. The number of nitriles is 1. The number of carbonyl (C=O) groups excluding carboxylic acids is 2. The first-order valence-corrected chi connectivity index (χ1v) is 14.2. The minimum absolute atomic E-state index is 0. The third-order valence-corrected chi connectivity index (χ3v) is 6.55. The number of ether oxygens (including phenoxy) is 1. The van der Waals surface area contributed by atoms with Crippen LogP contribution in [0, 0.1) is 11.3 Å². The standard InChI is InChI=1S/C32H43N7O3.CH4/c1-20(2)42-28-12-11-24(16-25(28)17-34)30(41)37-26(18-36-29(40)21(3)35)15-22-7-9-23(10-8-22)27-19-39(14-13-33)31(38-27)32(4,5)6;/h7-12,16,19-21,26H,13-15,18,33,35H2,1-6H3,(H,36,40)(H,37,41);1H4/t21-,26+;/m1./s1. The maximum Gasteiger partial charge on any atom is 0.251 e. The average Bonchev–Trinajstić information content (AvgIpc) is 3.36. The molecule has 0 aliphatic heterocycles. The van der Waals surface area contributed by atoms with E-state index in [4.69, 9.17) is 21.2 Å². The molecule has 10 heteroatoms. The van der Waals surface area contributed by atoms with Gasteiger partial charge < -0.3 is 31.4 Å². The van der Waals surface area contributed by atoms with E-state index in [0.29, 0.717) is 30.8 Å². The van der Waals surface area contributed by atoms with Gasteiger partial charge in [-0.15, -0.1) is 0 Å². The molecule has 0 saturated carbocycles. The lowest BCUT2D eigenvalue weighted by atomic mass is 9.95. The molecule has 2 aromatic carbocycles. The molecule has 0 aliphatic carbocycles. The molecule has 1 aromatic heterocycles. The van der Waals surface area contributed by atoms with Crippen LogP contribution in [0.15, 0.2) is 48.7 Å². The molecular weight excluding hydrogens is 542 g/mol. The van der Waals surface area contributed by atoms with Crippen molar-refractivity contribution in [3.8, 4) is 23.1 Å². The van der Waals surface area contributed by atoms with E-state index in [2.05, 4.69) is 42.0 Å². The lowest BCUT2D eigenvalue weighted by molar-refractivity contribution is -0.122. The molecule has 2 amide bonds. The predicted octanol–water partition coefficient (Wildman–Crippen LogP) is 3.91. The van der Waals surface area contributed by atoms with E-state index in [1.54, 1.807) is 19.1 Å². The third-order valence-electron chi connectivity index (χ3n) is 6.55. The lowest BCUT2D eigenvalue weighted by Gasteiger charge is -2.21. The fourth-order valence-corrected chi connectivity index (χ4v) is 4.50. The summed E-state index contributed by atoms with van der Waals surface area (Å²) in [6, 6.07) is 13.7. The minimum Gasteiger partial charge on any atom is -0.490 e. The van der Waals surface area contributed by atoms with Crippen molar-refractivity contribution in [3.63, 3.8) is 0 Å². The van der Waals surface area contributed by atoms with Crippen LogP contribution in [0.5, 0.6) is 5.75 Å². The second kappa shape index (κ2) is 15.3. The fraction of sp³-hybridized carbons (Fsp3) is 0.455. The summed E-state index contributed by atoms with van der Waals surface area (Å²) in [5, 5.41) is 15.4. The molecule has 0 saturated heterocycles. The highest BCUT2D eigenvalue weighted by Crippen LogP contribution is 2.27. The normalized spacial score (nSPS) is 12.6. The summed E-state index contributed by atoms with van der Waals surface area (Å²) in [6.07, 6.45) is 2.38. The Kier molecular flexibility index (Phi) is 12.5. The van der Waals surface area contributed by atoms with Crippen molar-refractivity contribution in [1.82, 2.24) is 20.2 Å². The van der Waals surface area contributed by atoms with Crippen molar-refractivity contribution in [3.05, 3.63) is 71.2 Å². The van der Waals surface area contributed by atoms with Crippen LogP contribution >= 0.6 is 0 Å². The van der Waals surface area contributed by atoms with Gasteiger partial charge >= 0.3 is 0 Å². The average molecular weight is 590 g/mol. The number of hydrogen-bond acceptors (Lipinski definition) is 7. The molecule has 0 aliphatic rings. The highest BCUT2D eigenvalue weighted by Gasteiger charge is 2.22. The van der Waals surface area contributed by atoms with Crippen molar-refractivity contribution in [2.24, 2.45) is 11.5 Å². The van der Waals surface area contributed by atoms with Gasteiger partial charge in [0.15, 0.2) is 0 Å². The second-order valence-electron chi connectivity index (χ2n) is 11.8. The summed E-state index contributed by atoms with van der Waals surface area (Å²) in [7, 11) is 0. The van der Waals surface area contributed by atoms with Gasteiger partial charge in [0.1, 0.15) is 17.6 Å². The number of nitrogens with one attached hydrogen (secondary N) is 2. The van der Waals surface area contributed by atoms with Crippen LogP contribution in [0.2, 0.25) is 0 Å². The molecule has 3 rings (SSSR count). The Morgan fingerprint density at radius 1 is 1.12 bits per heavy atom. The molecule has 2 atom stereocenters. The summed E-state index contributed by atoms with van der Waals surface area (Å²) < 4.78 is 7.78. The van der Waals surface area contributed by atoms with E-state index in [9.17, 15) is 14.9 Å². The highest BCUT2D eigenvalue weighted by atomic mass is 16.5. The summed E-state index contributed by atoms with van der Waals surface area (Å²) in [5.41, 5.74) is 14.8. The van der Waals surface area contributed by atoms with E-state index in [1.807, 2.05) is 44.3 Å². The summed E-state index contributed by atoms with van der Waals surface area (Å²) in [5.74, 6) is 0.726. The first kappa shape index (κ1) is 35.0. The monoisotopic (exact) mass is 589 g/mol. The van der Waals surface area contributed by atoms with Gasteiger partial charge in [-0.2, -0.15) is 5.26 Å². The first-order chi connectivity index (χ1) is 19.8. The molecular formula is C33H47N7O3. The van der Waals surface area contributed by atoms with Gasteiger partial charge in [0, 0.05) is 42.4 Å². The molecule has 0 fully saturated rings. The molecule has 232 valence electrons. The maximum absolute atomic E-state index is 13.2. The zero-order valence-electron chi connectivity index (χ0n) is 25.4. The minimum atomic E-state index is -0.676. The quantitative estimate of drug-likeness (QED) is 0.249. The van der Waals surface area contributed by atoms with Gasteiger partial charge in [-0.1, -0.05) is 52.5 Å². The summed E-state index contributed by atoms with van der Waals surface area (Å²) >= 11 is 0. The molecule has 1 heterocycles. The predicted molar refractivity (Wildman–Crippen MR) is 171 cm³/mol. The van der Waals surface area contributed by atoms with Crippen molar-refractivity contribution >= 4 is 11.8 Å². The van der Waals surface area contributed by atoms with Crippen LogP contribution in [-0.4, -0.2) is 52.6 Å². The van der Waals surface area contributed by atoms with Gasteiger partial charge in [0.05, 0.1) is 29.4 Å². The van der Waals surface area contributed by atoms with Crippen LogP contribution in [0.25, 0.3) is 11.3 Å². The topological polar surface area (TPSA) is 161 Å². The Bertz CT molecular complexity index is 1410. The van der Waals surface area contributed by atoms with Crippen molar-refractivity contribution in [2.75, 3.05) is 13.1 Å². The molecule has 10 nitrogen and oxygen atoms in total. The van der Waals surface area contributed by atoms with Gasteiger partial charge in [-0.05, 0) is 51.0 Å². The number of nitrogens with two attached hydrogens (primary N) is 2. The smallest absolute Gasteiger partial charge is 0.251 e. The Balaban J connectivity index is 0.00000645. The third kappa shape index (κ3) is 9.66. The number of rotatable bonds is 12. The number of benzene rings is 2. The zero-order valence-corrected chi connectivity index (χ0v) is 25.4. The van der Waals surface area contributed by atoms with Crippen LogP contribution in [0.1, 0.15) is 76.3 Å². The van der Waals surface area contributed by atoms with Gasteiger partial charge in [-0.25, -0.2) is 4.98 Å². The van der Waals surface area contributed by atoms with Gasteiger partial charge in [-0.3, -0.25) is 9.59 Å². The van der Waals surface area contributed by atoms with Gasteiger partial charge in [0.2, 0.25) is 5.91 Å². The van der Waals surface area contributed by atoms with Crippen molar-refractivity contribution in [2.45, 2.75) is 85.5 Å². The number of nitrogens with zero attached hydrogens (tertiary/aromatic N) is 3. The second-order valence-corrected chi connectivity index (χ2v) is 11.8. The molecule has 0 radical (unpaired) electrons. The van der Waals surface area contributed by atoms with Gasteiger partial charge in [0.25, 0.3) is 5.91 Å². The van der Waals surface area contributed by atoms with E-state index >= 15 is 0 Å². The molecule has 43 heavy (non-hydrogen) atoms. The highest BCUT2D eigenvalue weighted by molar-refractivity contribution is 5.95. The first-order valence-electron chi connectivity index (χ1n) is 14.2. The van der Waals surface area contributed by atoms with Crippen LogP contribution in [0.3, 0.4) is 0 Å². The fourth-order valence-electron chi connectivity index (χ4n) is 4.50. The number of hydrogen-bond donors (Lipinski definition) is 4. The van der Waals surface area contributed by atoms with Crippen LogP contribution < -0.4 is 26.8 Å². The van der Waals surface area contributed by atoms with E-state index in [1.165, 1.54) is 6.07 Å². The molecule has 0 bridgehead atoms. The Morgan fingerprint density at radius 3 is 2.35 bits per heavy atom.